The lowest BCUT2D eigenvalue weighted by Gasteiger charge is -2.42. The Morgan fingerprint density at radius 3 is 2.45 bits per heavy atom. The molecule has 1 amide bonds. The summed E-state index contributed by atoms with van der Waals surface area (Å²) in [6.45, 7) is 3.53. The number of nitrogens with zero attached hydrogens (tertiary/aromatic N) is 1. The number of halogens is 1. The van der Waals surface area contributed by atoms with Gasteiger partial charge in [-0.3, -0.25) is 9.69 Å². The molecule has 0 radical (unpaired) electrons. The van der Waals surface area contributed by atoms with Gasteiger partial charge in [-0.25, -0.2) is 4.39 Å². The second-order valence-corrected chi connectivity index (χ2v) is 7.71. The van der Waals surface area contributed by atoms with Crippen molar-refractivity contribution >= 4 is 5.91 Å². The smallest absolute Gasteiger partial charge is 0.246 e. The number of methoxy groups -OCH3 is 3. The summed E-state index contributed by atoms with van der Waals surface area (Å²) in [6, 6.07) is 10.4. The zero-order valence-corrected chi connectivity index (χ0v) is 18.6. The van der Waals surface area contributed by atoms with Crippen LogP contribution < -0.4 is 14.8 Å². The molecule has 1 aliphatic heterocycles. The molecule has 3 rings (SSSR count). The summed E-state index contributed by atoms with van der Waals surface area (Å²) in [4.78, 5) is 14.7. The molecule has 0 fully saturated rings. The molecule has 2 aromatic rings. The van der Waals surface area contributed by atoms with E-state index >= 15 is 0 Å². The maximum Gasteiger partial charge on any atom is 0.246 e. The Hall–Kier alpha value is -2.64. The lowest BCUT2D eigenvalue weighted by Crippen LogP contribution is -2.49. The number of hydrogen-bond donors (Lipinski definition) is 1. The molecule has 1 aliphatic rings. The summed E-state index contributed by atoms with van der Waals surface area (Å²) in [5.74, 6) is 0.958. The summed E-state index contributed by atoms with van der Waals surface area (Å²) in [5, 5.41) is 3.13. The third kappa shape index (κ3) is 5.35. The Balaban J connectivity index is 2.00. The third-order valence-corrected chi connectivity index (χ3v) is 5.77. The van der Waals surface area contributed by atoms with Crippen molar-refractivity contribution in [3.63, 3.8) is 0 Å². The summed E-state index contributed by atoms with van der Waals surface area (Å²) < 4.78 is 29.5. The highest BCUT2D eigenvalue weighted by molar-refractivity contribution is 5.77. The minimum Gasteiger partial charge on any atom is -0.493 e. The van der Waals surface area contributed by atoms with Crippen LogP contribution in [-0.2, 0) is 22.5 Å². The van der Waals surface area contributed by atoms with E-state index < -0.39 is 0 Å². The predicted octanol–water partition coefficient (Wildman–Crippen LogP) is 3.48. The van der Waals surface area contributed by atoms with Gasteiger partial charge in [-0.15, -0.1) is 0 Å². The van der Waals surface area contributed by atoms with Crippen molar-refractivity contribution in [1.29, 1.82) is 0 Å². The number of amides is 1. The number of fused-ring (bicyclic) bond motifs is 1. The van der Waals surface area contributed by atoms with Crippen LogP contribution in [0.5, 0.6) is 11.5 Å². The van der Waals surface area contributed by atoms with E-state index in [9.17, 15) is 9.18 Å². The molecule has 31 heavy (non-hydrogen) atoms. The first-order valence-electron chi connectivity index (χ1n) is 10.5. The maximum atomic E-state index is 13.4. The van der Waals surface area contributed by atoms with Crippen molar-refractivity contribution in [2.45, 2.75) is 38.4 Å². The number of carbonyl (C=O) groups is 1. The van der Waals surface area contributed by atoms with Crippen LogP contribution in [0.1, 0.15) is 36.1 Å². The highest BCUT2D eigenvalue weighted by Gasteiger charge is 2.35. The van der Waals surface area contributed by atoms with Gasteiger partial charge in [0, 0.05) is 26.2 Å². The average molecular weight is 431 g/mol. The normalized spacial score (nSPS) is 17.0. The van der Waals surface area contributed by atoms with Crippen molar-refractivity contribution in [3.05, 3.63) is 58.9 Å². The monoisotopic (exact) mass is 430 g/mol. The molecule has 1 N–H and O–H groups in total. The number of hydrogen-bond acceptors (Lipinski definition) is 5. The quantitative estimate of drug-likeness (QED) is 0.660. The fourth-order valence-corrected chi connectivity index (χ4v) is 4.29. The summed E-state index contributed by atoms with van der Waals surface area (Å²) in [5.41, 5.74) is 3.31. The molecule has 0 bridgehead atoms. The lowest BCUT2D eigenvalue weighted by molar-refractivity contribution is -0.126. The second kappa shape index (κ2) is 10.6. The standard InChI is InChI=1S/C24H31FN2O4/c1-5-20(26-23(28)15-29-2)24-19-13-22(31-4)21(30-3)12-17(19)10-11-27(24)14-16-6-8-18(25)9-7-16/h6-9,12-13,20,24H,5,10-11,14-15H2,1-4H3,(H,26,28)/t20-,24+/m0/s1. The maximum absolute atomic E-state index is 13.4. The van der Waals surface area contributed by atoms with Gasteiger partial charge in [0.25, 0.3) is 0 Å². The van der Waals surface area contributed by atoms with Crippen molar-refractivity contribution in [2.75, 3.05) is 34.5 Å². The van der Waals surface area contributed by atoms with E-state index in [4.69, 9.17) is 14.2 Å². The van der Waals surface area contributed by atoms with Gasteiger partial charge in [-0.2, -0.15) is 0 Å². The Bertz CT molecular complexity index is 888. The molecule has 7 heteroatoms. The fraction of sp³-hybridized carbons (Fsp3) is 0.458. The third-order valence-electron chi connectivity index (χ3n) is 5.77. The molecule has 0 aromatic heterocycles. The van der Waals surface area contributed by atoms with Crippen molar-refractivity contribution in [1.82, 2.24) is 10.2 Å². The summed E-state index contributed by atoms with van der Waals surface area (Å²) in [7, 11) is 4.76. The van der Waals surface area contributed by atoms with Gasteiger partial charge < -0.3 is 19.5 Å². The van der Waals surface area contributed by atoms with E-state index in [0.717, 1.165) is 30.5 Å². The zero-order chi connectivity index (χ0) is 22.4. The molecule has 1 heterocycles. The summed E-state index contributed by atoms with van der Waals surface area (Å²) >= 11 is 0. The summed E-state index contributed by atoms with van der Waals surface area (Å²) in [6.07, 6.45) is 1.59. The van der Waals surface area contributed by atoms with Crippen LogP contribution in [0, 0.1) is 5.82 Å². The van der Waals surface area contributed by atoms with Gasteiger partial charge in [0.1, 0.15) is 12.4 Å². The van der Waals surface area contributed by atoms with E-state index in [0.29, 0.717) is 18.0 Å². The molecule has 0 saturated heterocycles. The average Bonchev–Trinajstić information content (AvgIpc) is 2.78. The number of nitrogens with one attached hydrogen (secondary N) is 1. The first-order valence-corrected chi connectivity index (χ1v) is 10.5. The van der Waals surface area contributed by atoms with Crippen LogP contribution in [-0.4, -0.2) is 51.3 Å². The van der Waals surface area contributed by atoms with Gasteiger partial charge in [-0.1, -0.05) is 19.1 Å². The largest absolute Gasteiger partial charge is 0.493 e. The topological polar surface area (TPSA) is 60.0 Å². The van der Waals surface area contributed by atoms with Gasteiger partial charge in [-0.05, 0) is 53.8 Å². The molecule has 0 unspecified atom stereocenters. The van der Waals surface area contributed by atoms with Crippen molar-refractivity contribution in [2.24, 2.45) is 0 Å². The Kier molecular flexibility index (Phi) is 7.87. The molecule has 0 spiro atoms. The highest BCUT2D eigenvalue weighted by atomic mass is 19.1. The molecule has 6 nitrogen and oxygen atoms in total. The van der Waals surface area contributed by atoms with E-state index in [2.05, 4.69) is 17.1 Å². The van der Waals surface area contributed by atoms with Crippen LogP contribution in [0.2, 0.25) is 0 Å². The SMILES string of the molecule is CC[C@H](NC(=O)COC)[C@H]1c2cc(OC)c(OC)cc2CCN1Cc1ccc(F)cc1. The fourth-order valence-electron chi connectivity index (χ4n) is 4.29. The van der Waals surface area contributed by atoms with Crippen LogP contribution >= 0.6 is 0 Å². The molecule has 2 aromatic carbocycles. The minimum atomic E-state index is -0.251. The second-order valence-electron chi connectivity index (χ2n) is 7.71. The molecule has 168 valence electrons. The van der Waals surface area contributed by atoms with Gasteiger partial charge in [0.2, 0.25) is 5.91 Å². The van der Waals surface area contributed by atoms with E-state index in [1.807, 2.05) is 12.1 Å². The highest BCUT2D eigenvalue weighted by Crippen LogP contribution is 2.40. The predicted molar refractivity (Wildman–Crippen MR) is 117 cm³/mol. The van der Waals surface area contributed by atoms with Crippen LogP contribution in [0.4, 0.5) is 4.39 Å². The number of rotatable bonds is 9. The Labute approximate surface area is 183 Å². The lowest BCUT2D eigenvalue weighted by atomic mass is 9.86. The van der Waals surface area contributed by atoms with Gasteiger partial charge >= 0.3 is 0 Å². The van der Waals surface area contributed by atoms with E-state index in [1.54, 1.807) is 26.4 Å². The number of ether oxygens (including phenoxy) is 3. The van der Waals surface area contributed by atoms with Gasteiger partial charge in [0.15, 0.2) is 11.5 Å². The number of carbonyl (C=O) groups excluding carboxylic acids is 1. The van der Waals surface area contributed by atoms with Crippen LogP contribution in [0.15, 0.2) is 36.4 Å². The van der Waals surface area contributed by atoms with Crippen LogP contribution in [0.3, 0.4) is 0 Å². The molecular weight excluding hydrogens is 399 g/mol. The molecule has 0 saturated carbocycles. The van der Waals surface area contributed by atoms with Crippen molar-refractivity contribution < 1.29 is 23.4 Å². The molecule has 0 aliphatic carbocycles. The van der Waals surface area contributed by atoms with E-state index in [1.165, 1.54) is 24.8 Å². The zero-order valence-electron chi connectivity index (χ0n) is 18.6. The number of benzene rings is 2. The van der Waals surface area contributed by atoms with Crippen molar-refractivity contribution in [3.8, 4) is 11.5 Å². The molecule has 2 atom stereocenters. The Morgan fingerprint density at radius 2 is 1.84 bits per heavy atom. The van der Waals surface area contributed by atoms with Crippen LogP contribution in [0.25, 0.3) is 0 Å². The molecular formula is C24H31FN2O4. The Morgan fingerprint density at radius 1 is 1.16 bits per heavy atom. The van der Waals surface area contributed by atoms with Gasteiger partial charge in [0.05, 0.1) is 20.3 Å². The minimum absolute atomic E-state index is 0.0139. The first kappa shape index (κ1) is 23.0. The van der Waals surface area contributed by atoms with E-state index in [-0.39, 0.29) is 30.4 Å². The first-order chi connectivity index (χ1) is 15.0.